The Morgan fingerprint density at radius 3 is 2.58 bits per heavy atom. The smallest absolute Gasteiger partial charge is 0.233 e. The monoisotopic (exact) mass is 360 g/mol. The van der Waals surface area contributed by atoms with Crippen molar-refractivity contribution in [2.75, 3.05) is 5.32 Å². The van der Waals surface area contributed by atoms with Crippen LogP contribution in [0.3, 0.4) is 0 Å². The van der Waals surface area contributed by atoms with Gasteiger partial charge in [-0.1, -0.05) is 5.16 Å². The summed E-state index contributed by atoms with van der Waals surface area (Å²) in [5, 5.41) is 21.3. The van der Waals surface area contributed by atoms with Crippen LogP contribution in [0.25, 0.3) is 0 Å². The highest BCUT2D eigenvalue weighted by Crippen LogP contribution is 2.34. The van der Waals surface area contributed by atoms with Crippen molar-refractivity contribution in [3.63, 3.8) is 0 Å². The van der Waals surface area contributed by atoms with Gasteiger partial charge < -0.3 is 14.9 Å². The zero-order chi connectivity index (χ0) is 18.9. The van der Waals surface area contributed by atoms with Crippen LogP contribution in [0.4, 0.5) is 5.82 Å². The lowest BCUT2D eigenvalue weighted by atomic mass is 9.85. The summed E-state index contributed by atoms with van der Waals surface area (Å²) in [6, 6.07) is 3.73. The molecule has 0 aromatic carbocycles. The molecule has 7 heteroatoms. The van der Waals surface area contributed by atoms with Crippen molar-refractivity contribution in [2.45, 2.75) is 77.4 Å². The highest BCUT2D eigenvalue weighted by atomic mass is 16.5. The van der Waals surface area contributed by atoms with Gasteiger partial charge in [0.2, 0.25) is 5.91 Å². The van der Waals surface area contributed by atoms with Gasteiger partial charge in [-0.15, -0.1) is 0 Å². The lowest BCUT2D eigenvalue weighted by Gasteiger charge is -2.24. The van der Waals surface area contributed by atoms with Crippen molar-refractivity contribution in [3.05, 3.63) is 29.3 Å². The highest BCUT2D eigenvalue weighted by molar-refractivity contribution is 5.91. The van der Waals surface area contributed by atoms with Gasteiger partial charge >= 0.3 is 0 Å². The SMILES string of the molecule is Cc1cc(CC(=O)Nc2cc(C3CCC(O)CC3)nn2C(C)(C)C)on1. The van der Waals surface area contributed by atoms with E-state index in [9.17, 15) is 9.90 Å². The number of aliphatic hydroxyl groups excluding tert-OH is 1. The van der Waals surface area contributed by atoms with Gasteiger partial charge in [-0.3, -0.25) is 4.79 Å². The second kappa shape index (κ2) is 7.23. The van der Waals surface area contributed by atoms with Crippen molar-refractivity contribution in [3.8, 4) is 0 Å². The van der Waals surface area contributed by atoms with E-state index in [-0.39, 0.29) is 24.0 Å². The molecule has 0 radical (unpaired) electrons. The number of hydrogen-bond donors (Lipinski definition) is 2. The number of hydrogen-bond acceptors (Lipinski definition) is 5. The number of aliphatic hydroxyl groups is 1. The van der Waals surface area contributed by atoms with E-state index in [1.165, 1.54) is 0 Å². The molecule has 1 amide bonds. The van der Waals surface area contributed by atoms with Crippen LogP contribution in [0.15, 0.2) is 16.7 Å². The number of aromatic nitrogens is 3. The summed E-state index contributed by atoms with van der Waals surface area (Å²) in [5.41, 5.74) is 1.49. The fourth-order valence-electron chi connectivity index (χ4n) is 3.42. The number of amides is 1. The number of rotatable bonds is 4. The second-order valence-electron chi connectivity index (χ2n) is 8.20. The maximum Gasteiger partial charge on any atom is 0.233 e. The lowest BCUT2D eigenvalue weighted by molar-refractivity contribution is -0.115. The molecule has 1 saturated carbocycles. The number of anilines is 1. The summed E-state index contributed by atoms with van der Waals surface area (Å²) in [5.74, 6) is 1.41. The molecule has 2 heterocycles. The molecule has 1 aliphatic rings. The third kappa shape index (κ3) is 4.33. The van der Waals surface area contributed by atoms with Crippen LogP contribution in [-0.4, -0.2) is 32.1 Å². The summed E-state index contributed by atoms with van der Waals surface area (Å²) in [4.78, 5) is 12.4. The molecule has 0 spiro atoms. The van der Waals surface area contributed by atoms with Crippen molar-refractivity contribution >= 4 is 11.7 Å². The molecule has 2 N–H and O–H groups in total. The average molecular weight is 360 g/mol. The second-order valence-corrected chi connectivity index (χ2v) is 8.20. The van der Waals surface area contributed by atoms with Crippen LogP contribution in [0.2, 0.25) is 0 Å². The summed E-state index contributed by atoms with van der Waals surface area (Å²) >= 11 is 0. The first-order chi connectivity index (χ1) is 12.2. The highest BCUT2D eigenvalue weighted by Gasteiger charge is 2.27. The maximum atomic E-state index is 12.4. The Kier molecular flexibility index (Phi) is 5.18. The van der Waals surface area contributed by atoms with E-state index in [4.69, 9.17) is 9.62 Å². The summed E-state index contributed by atoms with van der Waals surface area (Å²) < 4.78 is 7.00. The van der Waals surface area contributed by atoms with E-state index in [1.807, 2.05) is 17.7 Å². The standard InChI is InChI=1S/C19H28N4O3/c1-12-9-15(26-22-12)10-18(25)20-17-11-16(21-23(17)19(2,3)4)13-5-7-14(24)8-6-13/h9,11,13-14,24H,5-8,10H2,1-4H3,(H,20,25). The van der Waals surface area contributed by atoms with Gasteiger partial charge in [-0.25, -0.2) is 4.68 Å². The predicted octanol–water partition coefficient (Wildman–Crippen LogP) is 3.13. The van der Waals surface area contributed by atoms with E-state index < -0.39 is 0 Å². The number of nitrogens with zero attached hydrogens (tertiary/aromatic N) is 3. The maximum absolute atomic E-state index is 12.4. The summed E-state index contributed by atoms with van der Waals surface area (Å²) in [6.07, 6.45) is 3.40. The van der Waals surface area contributed by atoms with Crippen LogP contribution >= 0.6 is 0 Å². The summed E-state index contributed by atoms with van der Waals surface area (Å²) in [7, 11) is 0. The van der Waals surface area contributed by atoms with E-state index in [0.29, 0.717) is 17.5 Å². The van der Waals surface area contributed by atoms with E-state index in [2.05, 4.69) is 31.2 Å². The van der Waals surface area contributed by atoms with Gasteiger partial charge in [0.15, 0.2) is 0 Å². The average Bonchev–Trinajstić information content (AvgIpc) is 3.14. The lowest BCUT2D eigenvalue weighted by Crippen LogP contribution is -2.27. The van der Waals surface area contributed by atoms with Crippen LogP contribution in [0.5, 0.6) is 0 Å². The Hall–Kier alpha value is -2.15. The largest absolute Gasteiger partial charge is 0.393 e. The molecule has 2 aromatic heterocycles. The Bertz CT molecular complexity index is 764. The molecule has 7 nitrogen and oxygen atoms in total. The number of aryl methyl sites for hydroxylation is 1. The molecular formula is C19H28N4O3. The Balaban J connectivity index is 1.77. The summed E-state index contributed by atoms with van der Waals surface area (Å²) in [6.45, 7) is 8.00. The molecule has 2 aromatic rings. The molecule has 0 aliphatic heterocycles. The normalized spacial score (nSPS) is 21.0. The third-order valence-corrected chi connectivity index (χ3v) is 4.76. The molecule has 26 heavy (non-hydrogen) atoms. The fourth-order valence-corrected chi connectivity index (χ4v) is 3.42. The Morgan fingerprint density at radius 1 is 1.31 bits per heavy atom. The molecule has 1 fully saturated rings. The van der Waals surface area contributed by atoms with Crippen LogP contribution in [0.1, 0.15) is 69.5 Å². The topological polar surface area (TPSA) is 93.2 Å². The van der Waals surface area contributed by atoms with Crippen LogP contribution in [0, 0.1) is 6.92 Å². The molecule has 3 rings (SSSR count). The zero-order valence-electron chi connectivity index (χ0n) is 16.0. The van der Waals surface area contributed by atoms with E-state index in [1.54, 1.807) is 6.07 Å². The van der Waals surface area contributed by atoms with Crippen molar-refractivity contribution in [1.82, 2.24) is 14.9 Å². The van der Waals surface area contributed by atoms with Crippen LogP contribution < -0.4 is 5.32 Å². The molecule has 0 unspecified atom stereocenters. The number of carbonyl (C=O) groups is 1. The van der Waals surface area contributed by atoms with Crippen molar-refractivity contribution in [1.29, 1.82) is 0 Å². The number of carbonyl (C=O) groups excluding carboxylic acids is 1. The van der Waals surface area contributed by atoms with E-state index >= 15 is 0 Å². The number of nitrogens with one attached hydrogen (secondary N) is 1. The molecule has 1 aliphatic carbocycles. The van der Waals surface area contributed by atoms with Gasteiger partial charge in [0.1, 0.15) is 11.6 Å². The minimum atomic E-state index is -0.252. The quantitative estimate of drug-likeness (QED) is 0.874. The fraction of sp³-hybridized carbons (Fsp3) is 0.632. The van der Waals surface area contributed by atoms with Gasteiger partial charge in [-0.2, -0.15) is 5.10 Å². The third-order valence-electron chi connectivity index (χ3n) is 4.76. The Morgan fingerprint density at radius 2 is 2.00 bits per heavy atom. The molecule has 0 saturated heterocycles. The first-order valence-electron chi connectivity index (χ1n) is 9.23. The first-order valence-corrected chi connectivity index (χ1v) is 9.23. The molecule has 142 valence electrons. The Labute approximate surface area is 153 Å². The minimum absolute atomic E-state index is 0.140. The van der Waals surface area contributed by atoms with Gasteiger partial charge in [0.05, 0.1) is 29.5 Å². The van der Waals surface area contributed by atoms with Crippen molar-refractivity contribution in [2.24, 2.45) is 0 Å². The van der Waals surface area contributed by atoms with Gasteiger partial charge in [0.25, 0.3) is 0 Å². The van der Waals surface area contributed by atoms with Crippen LogP contribution in [-0.2, 0) is 16.8 Å². The predicted molar refractivity (Wildman–Crippen MR) is 98.0 cm³/mol. The van der Waals surface area contributed by atoms with Gasteiger partial charge in [0, 0.05) is 18.1 Å². The molecule has 0 bridgehead atoms. The first kappa shape index (κ1) is 18.6. The minimum Gasteiger partial charge on any atom is -0.393 e. The van der Waals surface area contributed by atoms with Gasteiger partial charge in [-0.05, 0) is 53.4 Å². The zero-order valence-corrected chi connectivity index (χ0v) is 16.0. The van der Waals surface area contributed by atoms with Crippen molar-refractivity contribution < 1.29 is 14.4 Å². The molecule has 0 atom stereocenters. The van der Waals surface area contributed by atoms with E-state index in [0.717, 1.165) is 37.1 Å². The molecular weight excluding hydrogens is 332 g/mol.